The number of rotatable bonds is 4. The van der Waals surface area contributed by atoms with E-state index < -0.39 is 10.7 Å². The van der Waals surface area contributed by atoms with Crippen molar-refractivity contribution in [1.29, 1.82) is 0 Å². The minimum Gasteiger partial charge on any atom is -0.378 e. The molecule has 0 amide bonds. The molecule has 8 nitrogen and oxygen atoms in total. The Morgan fingerprint density at radius 1 is 1.33 bits per heavy atom. The molecule has 0 saturated carbocycles. The molecular formula is C14H13ClFN5O3. The summed E-state index contributed by atoms with van der Waals surface area (Å²) in [6.45, 7) is 1.94. The summed E-state index contributed by atoms with van der Waals surface area (Å²) in [6.07, 6.45) is 1.24. The molecule has 126 valence electrons. The van der Waals surface area contributed by atoms with Crippen molar-refractivity contribution in [2.45, 2.75) is 0 Å². The summed E-state index contributed by atoms with van der Waals surface area (Å²) in [7, 11) is 0. The standard InChI is InChI=1S/C14H13ClFN5O3/c15-10-7-9(1-2-11(10)16)19-13-12(21(22)23)14(18-8-17-13)20-3-5-24-6-4-20/h1-2,7-8H,3-6H2,(H,17,18,19). The van der Waals surface area contributed by atoms with Gasteiger partial charge in [-0.05, 0) is 18.2 Å². The molecule has 1 saturated heterocycles. The fraction of sp³-hybridized carbons (Fsp3) is 0.286. The molecule has 1 aromatic carbocycles. The normalized spacial score (nSPS) is 14.5. The van der Waals surface area contributed by atoms with Gasteiger partial charge in [-0.25, -0.2) is 14.4 Å². The van der Waals surface area contributed by atoms with Crippen LogP contribution in [0.1, 0.15) is 0 Å². The van der Waals surface area contributed by atoms with Gasteiger partial charge in [-0.2, -0.15) is 0 Å². The number of aromatic nitrogens is 2. The maximum absolute atomic E-state index is 13.2. The van der Waals surface area contributed by atoms with Gasteiger partial charge in [-0.15, -0.1) is 0 Å². The van der Waals surface area contributed by atoms with Crippen LogP contribution in [-0.4, -0.2) is 41.2 Å². The largest absolute Gasteiger partial charge is 0.378 e. The Morgan fingerprint density at radius 2 is 2.08 bits per heavy atom. The van der Waals surface area contributed by atoms with E-state index in [0.29, 0.717) is 32.0 Å². The number of nitro groups is 1. The van der Waals surface area contributed by atoms with Crippen LogP contribution in [0.3, 0.4) is 0 Å². The molecule has 0 radical (unpaired) electrons. The number of ether oxygens (including phenoxy) is 1. The van der Waals surface area contributed by atoms with Gasteiger partial charge >= 0.3 is 5.69 Å². The van der Waals surface area contributed by atoms with Gasteiger partial charge in [0, 0.05) is 18.8 Å². The van der Waals surface area contributed by atoms with Gasteiger partial charge in [0.2, 0.25) is 11.6 Å². The molecule has 1 aliphatic rings. The fourth-order valence-electron chi connectivity index (χ4n) is 2.35. The van der Waals surface area contributed by atoms with Crippen molar-refractivity contribution in [1.82, 2.24) is 9.97 Å². The Hall–Kier alpha value is -2.52. The minimum atomic E-state index is -0.576. The zero-order chi connectivity index (χ0) is 17.1. The van der Waals surface area contributed by atoms with Crippen molar-refractivity contribution in [3.8, 4) is 0 Å². The highest BCUT2D eigenvalue weighted by molar-refractivity contribution is 6.31. The van der Waals surface area contributed by atoms with Gasteiger partial charge in [0.25, 0.3) is 0 Å². The molecule has 2 aromatic rings. The van der Waals surface area contributed by atoms with Gasteiger partial charge in [0.05, 0.1) is 23.2 Å². The van der Waals surface area contributed by atoms with Crippen molar-refractivity contribution in [3.05, 3.63) is 45.5 Å². The third-order valence-electron chi connectivity index (χ3n) is 3.48. The van der Waals surface area contributed by atoms with E-state index in [2.05, 4.69) is 15.3 Å². The quantitative estimate of drug-likeness (QED) is 0.667. The van der Waals surface area contributed by atoms with E-state index in [4.69, 9.17) is 16.3 Å². The zero-order valence-electron chi connectivity index (χ0n) is 12.4. The molecule has 0 aliphatic carbocycles. The Bertz CT molecular complexity index is 770. The molecule has 0 bridgehead atoms. The lowest BCUT2D eigenvalue weighted by molar-refractivity contribution is -0.383. The van der Waals surface area contributed by atoms with Crippen molar-refractivity contribution >= 4 is 34.6 Å². The minimum absolute atomic E-state index is 0.0131. The van der Waals surface area contributed by atoms with Crippen LogP contribution in [0.25, 0.3) is 0 Å². The number of halogens is 2. The number of hydrogen-bond donors (Lipinski definition) is 1. The fourth-order valence-corrected chi connectivity index (χ4v) is 2.53. The Balaban J connectivity index is 1.97. The average molecular weight is 354 g/mol. The Morgan fingerprint density at radius 3 is 2.75 bits per heavy atom. The predicted molar refractivity (Wildman–Crippen MR) is 86.4 cm³/mol. The first-order chi connectivity index (χ1) is 11.6. The summed E-state index contributed by atoms with van der Waals surface area (Å²) in [6, 6.07) is 3.92. The molecule has 10 heteroatoms. The highest BCUT2D eigenvalue weighted by atomic mass is 35.5. The van der Waals surface area contributed by atoms with Gasteiger partial charge in [0.1, 0.15) is 12.1 Å². The summed E-state index contributed by atoms with van der Waals surface area (Å²) in [4.78, 5) is 20.8. The van der Waals surface area contributed by atoms with Crippen molar-refractivity contribution in [2.24, 2.45) is 0 Å². The molecule has 2 heterocycles. The third kappa shape index (κ3) is 3.36. The number of nitrogens with one attached hydrogen (secondary N) is 1. The molecule has 24 heavy (non-hydrogen) atoms. The lowest BCUT2D eigenvalue weighted by Gasteiger charge is -2.27. The second kappa shape index (κ2) is 6.93. The van der Waals surface area contributed by atoms with Crippen LogP contribution in [0.15, 0.2) is 24.5 Å². The summed E-state index contributed by atoms with van der Waals surface area (Å²) in [5, 5.41) is 14.2. The first kappa shape index (κ1) is 16.3. The van der Waals surface area contributed by atoms with E-state index >= 15 is 0 Å². The maximum Gasteiger partial charge on any atom is 0.353 e. The number of anilines is 3. The smallest absolute Gasteiger partial charge is 0.353 e. The Kier molecular flexibility index (Phi) is 4.72. The average Bonchev–Trinajstić information content (AvgIpc) is 2.58. The number of morpholine rings is 1. The third-order valence-corrected chi connectivity index (χ3v) is 3.77. The second-order valence-electron chi connectivity index (χ2n) is 5.00. The summed E-state index contributed by atoms with van der Waals surface area (Å²) < 4.78 is 18.5. The van der Waals surface area contributed by atoms with E-state index in [-0.39, 0.29) is 22.3 Å². The van der Waals surface area contributed by atoms with Crippen LogP contribution in [-0.2, 0) is 4.74 Å². The molecule has 0 unspecified atom stereocenters. The molecule has 1 N–H and O–H groups in total. The first-order valence-corrected chi connectivity index (χ1v) is 7.48. The van der Waals surface area contributed by atoms with Crippen LogP contribution in [0.5, 0.6) is 0 Å². The number of benzene rings is 1. The van der Waals surface area contributed by atoms with E-state index in [1.165, 1.54) is 24.5 Å². The van der Waals surface area contributed by atoms with Gasteiger partial charge in [0.15, 0.2) is 0 Å². The molecule has 1 aliphatic heterocycles. The van der Waals surface area contributed by atoms with Crippen molar-refractivity contribution in [3.63, 3.8) is 0 Å². The second-order valence-corrected chi connectivity index (χ2v) is 5.41. The molecule has 3 rings (SSSR count). The molecule has 0 atom stereocenters. The monoisotopic (exact) mass is 353 g/mol. The molecule has 1 fully saturated rings. The van der Waals surface area contributed by atoms with E-state index in [9.17, 15) is 14.5 Å². The summed E-state index contributed by atoms with van der Waals surface area (Å²) in [5.41, 5.74) is 0.135. The van der Waals surface area contributed by atoms with Crippen LogP contribution in [0.2, 0.25) is 5.02 Å². The zero-order valence-corrected chi connectivity index (χ0v) is 13.2. The lowest BCUT2D eigenvalue weighted by Crippen LogP contribution is -2.37. The Labute approximate surface area is 141 Å². The molecular weight excluding hydrogens is 341 g/mol. The molecule has 0 spiro atoms. The highest BCUT2D eigenvalue weighted by Crippen LogP contribution is 2.34. The first-order valence-electron chi connectivity index (χ1n) is 7.10. The SMILES string of the molecule is O=[N+]([O-])c1c(Nc2ccc(F)c(Cl)c2)ncnc1N1CCOCC1. The highest BCUT2D eigenvalue weighted by Gasteiger charge is 2.28. The van der Waals surface area contributed by atoms with E-state index in [1.807, 2.05) is 0 Å². The van der Waals surface area contributed by atoms with Gasteiger partial charge < -0.3 is 15.0 Å². The number of hydrogen-bond acceptors (Lipinski definition) is 7. The van der Waals surface area contributed by atoms with Gasteiger partial charge in [-0.1, -0.05) is 11.6 Å². The van der Waals surface area contributed by atoms with E-state index in [0.717, 1.165) is 0 Å². The van der Waals surface area contributed by atoms with Crippen molar-refractivity contribution < 1.29 is 14.1 Å². The van der Waals surface area contributed by atoms with Crippen LogP contribution in [0, 0.1) is 15.9 Å². The van der Waals surface area contributed by atoms with Gasteiger partial charge in [-0.3, -0.25) is 10.1 Å². The summed E-state index contributed by atoms with van der Waals surface area (Å²) >= 11 is 5.73. The number of nitrogens with zero attached hydrogens (tertiary/aromatic N) is 4. The summed E-state index contributed by atoms with van der Waals surface area (Å²) in [5.74, 6) is -0.346. The van der Waals surface area contributed by atoms with Crippen molar-refractivity contribution in [2.75, 3.05) is 36.5 Å². The van der Waals surface area contributed by atoms with Crippen LogP contribution in [0.4, 0.5) is 27.4 Å². The predicted octanol–water partition coefficient (Wildman–Crippen LogP) is 2.76. The van der Waals surface area contributed by atoms with Crippen LogP contribution >= 0.6 is 11.6 Å². The lowest BCUT2D eigenvalue weighted by atomic mass is 10.3. The van der Waals surface area contributed by atoms with E-state index in [1.54, 1.807) is 4.90 Å². The maximum atomic E-state index is 13.2. The van der Waals surface area contributed by atoms with Crippen LogP contribution < -0.4 is 10.2 Å². The topological polar surface area (TPSA) is 93.4 Å². The molecule has 1 aromatic heterocycles.